The van der Waals surface area contributed by atoms with Gasteiger partial charge in [0.05, 0.1) is 0 Å². The number of fused-ring (bicyclic) bond motifs is 1. The quantitative estimate of drug-likeness (QED) is 0.834. The third-order valence-corrected chi connectivity index (χ3v) is 4.06. The van der Waals surface area contributed by atoms with E-state index < -0.39 is 0 Å². The van der Waals surface area contributed by atoms with Gasteiger partial charge in [0, 0.05) is 24.8 Å². The lowest BCUT2D eigenvalue weighted by molar-refractivity contribution is 0.524. The Morgan fingerprint density at radius 3 is 2.94 bits per heavy atom. The van der Waals surface area contributed by atoms with Crippen molar-refractivity contribution in [2.24, 2.45) is 0 Å². The van der Waals surface area contributed by atoms with Gasteiger partial charge in [-0.25, -0.2) is 0 Å². The second-order valence-electron chi connectivity index (χ2n) is 5.38. The van der Waals surface area contributed by atoms with Crippen LogP contribution in [-0.2, 0) is 13.0 Å². The third kappa shape index (κ3) is 2.63. The number of hydrogen-bond donors (Lipinski definition) is 2. The molecule has 0 radical (unpaired) electrons. The van der Waals surface area contributed by atoms with Crippen molar-refractivity contribution in [1.29, 1.82) is 0 Å². The van der Waals surface area contributed by atoms with Crippen molar-refractivity contribution >= 4 is 5.69 Å². The molecule has 1 aliphatic carbocycles. The standard InChI is InChI=1S/C15H22N2/c1-2-6-14(5-1)17-11-12-7-8-13-4-3-9-16-15(13)10-12/h7-8,10,14,16-17H,1-6,9,11H2. The molecular weight excluding hydrogens is 208 g/mol. The molecule has 92 valence electrons. The fourth-order valence-electron chi connectivity index (χ4n) is 3.01. The molecule has 1 aromatic carbocycles. The number of rotatable bonds is 3. The first-order valence-corrected chi connectivity index (χ1v) is 7.01. The van der Waals surface area contributed by atoms with Gasteiger partial charge in [-0.15, -0.1) is 0 Å². The summed E-state index contributed by atoms with van der Waals surface area (Å²) < 4.78 is 0. The molecule has 1 aliphatic heterocycles. The zero-order valence-electron chi connectivity index (χ0n) is 10.5. The van der Waals surface area contributed by atoms with Gasteiger partial charge in [0.2, 0.25) is 0 Å². The fourth-order valence-corrected chi connectivity index (χ4v) is 3.01. The highest BCUT2D eigenvalue weighted by atomic mass is 14.9. The van der Waals surface area contributed by atoms with Gasteiger partial charge < -0.3 is 10.6 Å². The van der Waals surface area contributed by atoms with E-state index in [2.05, 4.69) is 28.8 Å². The Hall–Kier alpha value is -1.02. The van der Waals surface area contributed by atoms with Gasteiger partial charge in [0.15, 0.2) is 0 Å². The van der Waals surface area contributed by atoms with Gasteiger partial charge >= 0.3 is 0 Å². The van der Waals surface area contributed by atoms with Crippen molar-refractivity contribution < 1.29 is 0 Å². The van der Waals surface area contributed by atoms with E-state index in [0.29, 0.717) is 0 Å². The average Bonchev–Trinajstić information content (AvgIpc) is 2.89. The second-order valence-corrected chi connectivity index (χ2v) is 5.38. The summed E-state index contributed by atoms with van der Waals surface area (Å²) in [5.41, 5.74) is 4.27. The minimum atomic E-state index is 0.763. The van der Waals surface area contributed by atoms with Gasteiger partial charge in [0.25, 0.3) is 0 Å². The van der Waals surface area contributed by atoms with Gasteiger partial charge in [-0.1, -0.05) is 25.0 Å². The van der Waals surface area contributed by atoms with Crippen molar-refractivity contribution in [3.05, 3.63) is 29.3 Å². The van der Waals surface area contributed by atoms with Crippen LogP contribution in [0.2, 0.25) is 0 Å². The van der Waals surface area contributed by atoms with Crippen molar-refractivity contribution in [3.8, 4) is 0 Å². The van der Waals surface area contributed by atoms with Crippen LogP contribution in [0.1, 0.15) is 43.2 Å². The number of hydrogen-bond acceptors (Lipinski definition) is 2. The average molecular weight is 230 g/mol. The minimum absolute atomic E-state index is 0.763. The number of benzene rings is 1. The Kier molecular flexibility index (Phi) is 3.32. The predicted molar refractivity (Wildman–Crippen MR) is 72.3 cm³/mol. The molecule has 1 fully saturated rings. The van der Waals surface area contributed by atoms with E-state index in [-0.39, 0.29) is 0 Å². The van der Waals surface area contributed by atoms with E-state index in [9.17, 15) is 0 Å². The van der Waals surface area contributed by atoms with Crippen molar-refractivity contribution in [3.63, 3.8) is 0 Å². The first-order valence-electron chi connectivity index (χ1n) is 7.01. The molecule has 2 N–H and O–H groups in total. The highest BCUT2D eigenvalue weighted by Crippen LogP contribution is 2.23. The molecule has 0 aromatic heterocycles. The normalized spacial score (nSPS) is 20.0. The van der Waals surface area contributed by atoms with Crippen molar-refractivity contribution in [2.75, 3.05) is 11.9 Å². The third-order valence-electron chi connectivity index (χ3n) is 4.06. The van der Waals surface area contributed by atoms with Crippen LogP contribution in [0.4, 0.5) is 5.69 Å². The monoisotopic (exact) mass is 230 g/mol. The van der Waals surface area contributed by atoms with Crippen LogP contribution in [0.5, 0.6) is 0 Å². The van der Waals surface area contributed by atoms with E-state index in [1.807, 2.05) is 0 Å². The summed E-state index contributed by atoms with van der Waals surface area (Å²) in [6, 6.07) is 7.68. The van der Waals surface area contributed by atoms with Gasteiger partial charge in [-0.3, -0.25) is 0 Å². The molecular formula is C15H22N2. The molecule has 0 saturated heterocycles. The van der Waals surface area contributed by atoms with Gasteiger partial charge in [-0.05, 0) is 42.9 Å². The lowest BCUT2D eigenvalue weighted by atomic mass is 10.0. The van der Waals surface area contributed by atoms with Crippen molar-refractivity contribution in [1.82, 2.24) is 5.32 Å². The molecule has 1 saturated carbocycles. The van der Waals surface area contributed by atoms with E-state index in [0.717, 1.165) is 19.1 Å². The van der Waals surface area contributed by atoms with Crippen LogP contribution < -0.4 is 10.6 Å². The minimum Gasteiger partial charge on any atom is -0.385 e. The molecule has 2 heteroatoms. The lowest BCUT2D eigenvalue weighted by Crippen LogP contribution is -2.25. The smallest absolute Gasteiger partial charge is 0.0375 e. The summed E-state index contributed by atoms with van der Waals surface area (Å²) >= 11 is 0. The van der Waals surface area contributed by atoms with E-state index >= 15 is 0 Å². The maximum atomic E-state index is 3.68. The largest absolute Gasteiger partial charge is 0.385 e. The van der Waals surface area contributed by atoms with Crippen LogP contribution in [0.15, 0.2) is 18.2 Å². The Balaban J connectivity index is 1.62. The molecule has 0 bridgehead atoms. The van der Waals surface area contributed by atoms with Gasteiger partial charge in [-0.2, -0.15) is 0 Å². The highest BCUT2D eigenvalue weighted by Gasteiger charge is 2.14. The Labute approximate surface area is 104 Å². The molecule has 0 unspecified atom stereocenters. The summed E-state index contributed by atoms with van der Waals surface area (Å²) in [6.45, 7) is 2.16. The molecule has 0 spiro atoms. The molecule has 1 aromatic rings. The van der Waals surface area contributed by atoms with Crippen LogP contribution >= 0.6 is 0 Å². The highest BCUT2D eigenvalue weighted by molar-refractivity contribution is 5.54. The SMILES string of the molecule is c1cc2c(cc1CNC1CCCC1)NCCC2. The summed E-state index contributed by atoms with van der Waals surface area (Å²) in [4.78, 5) is 0. The Morgan fingerprint density at radius 1 is 1.18 bits per heavy atom. The fraction of sp³-hybridized carbons (Fsp3) is 0.600. The molecule has 1 heterocycles. The summed E-state index contributed by atoms with van der Waals surface area (Å²) in [7, 11) is 0. The summed E-state index contributed by atoms with van der Waals surface area (Å²) in [6.07, 6.45) is 8.05. The Morgan fingerprint density at radius 2 is 2.06 bits per heavy atom. The molecule has 0 amide bonds. The molecule has 2 nitrogen and oxygen atoms in total. The second kappa shape index (κ2) is 5.09. The first-order chi connectivity index (χ1) is 8.42. The van der Waals surface area contributed by atoms with E-state index in [1.54, 1.807) is 0 Å². The molecule has 2 aliphatic rings. The first kappa shape index (κ1) is 11.1. The van der Waals surface area contributed by atoms with Crippen LogP contribution in [0.3, 0.4) is 0 Å². The van der Waals surface area contributed by atoms with Crippen LogP contribution in [0, 0.1) is 0 Å². The molecule has 17 heavy (non-hydrogen) atoms. The zero-order valence-corrected chi connectivity index (χ0v) is 10.5. The maximum Gasteiger partial charge on any atom is 0.0375 e. The molecule has 0 atom stereocenters. The van der Waals surface area contributed by atoms with Gasteiger partial charge in [0.1, 0.15) is 0 Å². The summed E-state index contributed by atoms with van der Waals surface area (Å²) in [5.74, 6) is 0. The number of aryl methyl sites for hydroxylation is 1. The summed E-state index contributed by atoms with van der Waals surface area (Å²) in [5, 5.41) is 7.18. The van der Waals surface area contributed by atoms with E-state index in [4.69, 9.17) is 0 Å². The van der Waals surface area contributed by atoms with E-state index in [1.165, 1.54) is 55.3 Å². The zero-order chi connectivity index (χ0) is 11.5. The number of nitrogens with one attached hydrogen (secondary N) is 2. The maximum absolute atomic E-state index is 3.68. The topological polar surface area (TPSA) is 24.1 Å². The molecule has 3 rings (SSSR count). The van der Waals surface area contributed by atoms with Crippen LogP contribution in [0.25, 0.3) is 0 Å². The van der Waals surface area contributed by atoms with Crippen molar-refractivity contribution in [2.45, 2.75) is 51.1 Å². The van der Waals surface area contributed by atoms with Crippen LogP contribution in [-0.4, -0.2) is 12.6 Å². The lowest BCUT2D eigenvalue weighted by Gasteiger charge is -2.19. The number of anilines is 1. The predicted octanol–water partition coefficient (Wildman–Crippen LogP) is 3.08. The Bertz CT molecular complexity index is 381.